The molecule has 2 amide bonds. The highest BCUT2D eigenvalue weighted by molar-refractivity contribution is 7.60. The maximum absolute atomic E-state index is 12.2. The third kappa shape index (κ3) is 5.42. The molecular weight excluding hydrogens is 554 g/mol. The van der Waals surface area contributed by atoms with Gasteiger partial charge in [0.1, 0.15) is 0 Å². The van der Waals surface area contributed by atoms with Gasteiger partial charge in [0, 0.05) is 23.5 Å². The quantitative estimate of drug-likeness (QED) is 0.161. The van der Waals surface area contributed by atoms with Gasteiger partial charge in [0.2, 0.25) is 12.8 Å². The van der Waals surface area contributed by atoms with E-state index in [2.05, 4.69) is 0 Å². The molecule has 0 bridgehead atoms. The lowest BCUT2D eigenvalue weighted by Gasteiger charge is -2.28. The van der Waals surface area contributed by atoms with Crippen LogP contribution in [0.15, 0.2) is 84.9 Å². The van der Waals surface area contributed by atoms with E-state index in [0.29, 0.717) is 48.4 Å². The number of anilines is 4. The van der Waals surface area contributed by atoms with Crippen LogP contribution in [0.5, 0.6) is 0 Å². The molecule has 10 nitrogen and oxygen atoms in total. The maximum atomic E-state index is 12.2. The number of rotatable bonds is 8. The molecule has 0 fully saturated rings. The lowest BCUT2D eigenvalue weighted by molar-refractivity contribution is -0.107. The first kappa shape index (κ1) is 27.7. The molecular formula is C28H24N2O8P2. The number of nitrogens with zero attached hydrogens (tertiary/aromatic N) is 2. The Morgan fingerprint density at radius 1 is 0.575 bits per heavy atom. The van der Waals surface area contributed by atoms with E-state index in [0.717, 1.165) is 22.3 Å². The first-order valence-electron chi connectivity index (χ1n) is 12.0. The van der Waals surface area contributed by atoms with E-state index in [1.807, 2.05) is 24.3 Å². The molecule has 0 aliphatic heterocycles. The first-order valence-corrected chi connectivity index (χ1v) is 15.3. The Hall–Kier alpha value is -3.88. The zero-order valence-corrected chi connectivity index (χ0v) is 22.7. The summed E-state index contributed by atoms with van der Waals surface area (Å²) in [5, 5.41) is -0.289. The van der Waals surface area contributed by atoms with E-state index < -0.39 is 15.2 Å². The summed E-state index contributed by atoms with van der Waals surface area (Å²) in [7, 11) is -8.84. The first-order chi connectivity index (χ1) is 19.0. The van der Waals surface area contributed by atoms with Gasteiger partial charge in [-0.05, 0) is 95.4 Å². The van der Waals surface area contributed by atoms with Gasteiger partial charge in [0.05, 0.1) is 16.3 Å². The van der Waals surface area contributed by atoms with Crippen LogP contribution in [-0.4, -0.2) is 32.4 Å². The van der Waals surface area contributed by atoms with Gasteiger partial charge in [-0.3, -0.25) is 28.5 Å². The Morgan fingerprint density at radius 3 is 1.62 bits per heavy atom. The van der Waals surface area contributed by atoms with Crippen LogP contribution in [0.2, 0.25) is 0 Å². The standard InChI is InChI=1S/C28H24N2O8P2/c31-17-29(22-6-10-25(11-7-22)39(33,34)35)24-5-4-19-14-20-2-1-3-28(27(20)16-21(19)15-24)30(18-32)23-8-12-26(13-9-23)40(36,37)38/h1-13,15,17-18H,14,16H2,(H2,33,34,35)(H2,36,37,38). The fourth-order valence-corrected chi connectivity index (χ4v) is 5.93. The maximum Gasteiger partial charge on any atom is 0.356 e. The van der Waals surface area contributed by atoms with E-state index in [4.69, 9.17) is 0 Å². The van der Waals surface area contributed by atoms with Crippen LogP contribution in [0.1, 0.15) is 22.3 Å². The molecule has 0 aromatic heterocycles. The second-order valence-electron chi connectivity index (χ2n) is 9.29. The largest absolute Gasteiger partial charge is 0.356 e. The molecule has 0 unspecified atom stereocenters. The molecule has 0 heterocycles. The molecule has 12 heteroatoms. The predicted octanol–water partition coefficient (Wildman–Crippen LogP) is 3.38. The van der Waals surface area contributed by atoms with Crippen LogP contribution in [-0.2, 0) is 31.6 Å². The van der Waals surface area contributed by atoms with Crippen molar-refractivity contribution in [2.24, 2.45) is 0 Å². The minimum absolute atomic E-state index is 0.144. The van der Waals surface area contributed by atoms with Crippen molar-refractivity contribution in [3.63, 3.8) is 0 Å². The Morgan fingerprint density at radius 2 is 1.10 bits per heavy atom. The third-order valence-electron chi connectivity index (χ3n) is 6.86. The van der Waals surface area contributed by atoms with E-state index >= 15 is 0 Å². The Bertz CT molecular complexity index is 1690. The minimum Gasteiger partial charge on any atom is -0.321 e. The molecule has 1 aliphatic carbocycles. The molecule has 0 atom stereocenters. The minimum atomic E-state index is -4.42. The van der Waals surface area contributed by atoms with Crippen molar-refractivity contribution in [2.75, 3.05) is 9.80 Å². The van der Waals surface area contributed by atoms with Crippen molar-refractivity contribution < 1.29 is 38.3 Å². The molecule has 0 radical (unpaired) electrons. The van der Waals surface area contributed by atoms with Gasteiger partial charge >= 0.3 is 15.2 Å². The number of amides is 2. The SMILES string of the molecule is O=CN(c1ccc(P(=O)(O)O)cc1)c1ccc2c(c1)Cc1c(cccc1N(C=O)c1ccc(P(=O)(O)O)cc1)C2. The van der Waals surface area contributed by atoms with Gasteiger partial charge in [-0.15, -0.1) is 0 Å². The second kappa shape index (κ2) is 10.6. The lowest BCUT2D eigenvalue weighted by Crippen LogP contribution is -2.20. The predicted molar refractivity (Wildman–Crippen MR) is 151 cm³/mol. The summed E-state index contributed by atoms with van der Waals surface area (Å²) in [5.74, 6) is 0. The molecule has 0 saturated heterocycles. The van der Waals surface area contributed by atoms with Crippen molar-refractivity contribution in [1.82, 2.24) is 0 Å². The summed E-state index contributed by atoms with van der Waals surface area (Å²) in [5.41, 5.74) is 6.02. The van der Waals surface area contributed by atoms with Gasteiger partial charge in [-0.2, -0.15) is 0 Å². The monoisotopic (exact) mass is 578 g/mol. The Balaban J connectivity index is 1.48. The van der Waals surface area contributed by atoms with Crippen LogP contribution in [0.3, 0.4) is 0 Å². The van der Waals surface area contributed by atoms with Crippen LogP contribution in [0, 0.1) is 0 Å². The number of fused-ring (bicyclic) bond motifs is 2. The van der Waals surface area contributed by atoms with Gasteiger partial charge in [-0.1, -0.05) is 18.2 Å². The third-order valence-corrected chi connectivity index (χ3v) is 8.80. The van der Waals surface area contributed by atoms with Crippen molar-refractivity contribution >= 4 is 61.4 Å². The van der Waals surface area contributed by atoms with E-state index in [-0.39, 0.29) is 10.6 Å². The smallest absolute Gasteiger partial charge is 0.321 e. The summed E-state index contributed by atoms with van der Waals surface area (Å²) in [6, 6.07) is 22.3. The summed E-state index contributed by atoms with van der Waals surface area (Å²) in [6.45, 7) is 0. The van der Waals surface area contributed by atoms with E-state index in [9.17, 15) is 38.3 Å². The molecule has 4 aromatic rings. The molecule has 4 N–H and O–H groups in total. The van der Waals surface area contributed by atoms with Crippen LogP contribution in [0.25, 0.3) is 0 Å². The van der Waals surface area contributed by atoms with Crippen molar-refractivity contribution in [3.8, 4) is 0 Å². The summed E-state index contributed by atoms with van der Waals surface area (Å²) in [4.78, 5) is 64.7. The highest BCUT2D eigenvalue weighted by Gasteiger charge is 2.24. The number of benzene rings is 4. The molecule has 4 aromatic carbocycles. The van der Waals surface area contributed by atoms with E-state index in [1.54, 1.807) is 12.1 Å². The van der Waals surface area contributed by atoms with Crippen molar-refractivity contribution in [1.29, 1.82) is 0 Å². The average molecular weight is 578 g/mol. The highest BCUT2D eigenvalue weighted by atomic mass is 31.2. The van der Waals surface area contributed by atoms with Crippen LogP contribution < -0.4 is 20.4 Å². The normalized spacial score (nSPS) is 12.7. The number of carbonyl (C=O) groups is 2. The number of carbonyl (C=O) groups excluding carboxylic acids is 2. The summed E-state index contributed by atoms with van der Waals surface area (Å²) >= 11 is 0. The molecule has 5 rings (SSSR count). The summed E-state index contributed by atoms with van der Waals surface area (Å²) < 4.78 is 23.1. The molecule has 0 spiro atoms. The average Bonchev–Trinajstić information content (AvgIpc) is 2.92. The molecule has 40 heavy (non-hydrogen) atoms. The number of hydrogen-bond donors (Lipinski definition) is 4. The summed E-state index contributed by atoms with van der Waals surface area (Å²) in [6.07, 6.45) is 2.35. The van der Waals surface area contributed by atoms with Crippen LogP contribution in [0.4, 0.5) is 22.7 Å². The highest BCUT2D eigenvalue weighted by Crippen LogP contribution is 2.39. The van der Waals surface area contributed by atoms with E-state index in [1.165, 1.54) is 58.3 Å². The topological polar surface area (TPSA) is 156 Å². The Kier molecular flexibility index (Phi) is 7.33. The van der Waals surface area contributed by atoms with Crippen LogP contribution >= 0.6 is 15.2 Å². The Labute approximate surface area is 229 Å². The van der Waals surface area contributed by atoms with Crippen molar-refractivity contribution in [2.45, 2.75) is 12.8 Å². The van der Waals surface area contributed by atoms with Gasteiger partial charge in [0.25, 0.3) is 0 Å². The van der Waals surface area contributed by atoms with Crippen molar-refractivity contribution in [3.05, 3.63) is 107 Å². The van der Waals surface area contributed by atoms with Gasteiger partial charge < -0.3 is 19.6 Å². The van der Waals surface area contributed by atoms with Gasteiger partial charge in [-0.25, -0.2) is 0 Å². The number of hydrogen-bond acceptors (Lipinski definition) is 4. The molecule has 204 valence electrons. The zero-order chi connectivity index (χ0) is 28.7. The second-order valence-corrected chi connectivity index (χ2v) is 12.5. The zero-order valence-electron chi connectivity index (χ0n) is 20.9. The fourth-order valence-electron chi connectivity index (χ4n) is 4.85. The molecule has 1 aliphatic rings. The van der Waals surface area contributed by atoms with Gasteiger partial charge in [0.15, 0.2) is 0 Å². The molecule has 0 saturated carbocycles. The lowest BCUT2D eigenvalue weighted by atomic mass is 9.84. The fraction of sp³-hybridized carbons (Fsp3) is 0.0714.